The molecule has 2 N–H and O–H groups in total. The summed E-state index contributed by atoms with van der Waals surface area (Å²) in [6.45, 7) is 10.3. The number of nitrogens with two attached hydrogens (primary N) is 1. The minimum atomic E-state index is -0.378. The zero-order chi connectivity index (χ0) is 21.7. The van der Waals surface area contributed by atoms with Crippen LogP contribution in [0.4, 0.5) is 0 Å². The molecule has 2 atom stereocenters. The van der Waals surface area contributed by atoms with Crippen molar-refractivity contribution in [1.29, 1.82) is 0 Å². The first-order chi connectivity index (χ1) is 14.4. The number of hydrogen-bond donors (Lipinski definition) is 1. The third-order valence-corrected chi connectivity index (χ3v) is 6.02. The highest BCUT2D eigenvalue weighted by molar-refractivity contribution is 5.87. The predicted octanol–water partition coefficient (Wildman–Crippen LogP) is 2.62. The van der Waals surface area contributed by atoms with Crippen LogP contribution in [-0.4, -0.2) is 54.6 Å². The molecule has 3 rings (SSSR count). The van der Waals surface area contributed by atoms with Crippen molar-refractivity contribution < 1.29 is 19.1 Å². The van der Waals surface area contributed by atoms with E-state index >= 15 is 0 Å². The molecule has 166 valence electrons. The van der Waals surface area contributed by atoms with Crippen LogP contribution in [0.3, 0.4) is 0 Å². The van der Waals surface area contributed by atoms with E-state index in [2.05, 4.69) is 24.8 Å². The van der Waals surface area contributed by atoms with Gasteiger partial charge in [0.2, 0.25) is 18.6 Å². The summed E-state index contributed by atoms with van der Waals surface area (Å²) >= 11 is 0. The third-order valence-electron chi connectivity index (χ3n) is 6.02. The van der Waals surface area contributed by atoms with Gasteiger partial charge in [-0.25, -0.2) is 0 Å². The maximum atomic E-state index is 13.3. The van der Waals surface area contributed by atoms with E-state index in [9.17, 15) is 9.59 Å². The number of ether oxygens (including phenoxy) is 2. The van der Waals surface area contributed by atoms with Crippen LogP contribution in [-0.2, 0) is 16.1 Å². The summed E-state index contributed by atoms with van der Waals surface area (Å²) in [7, 11) is 0. The number of primary amides is 1. The van der Waals surface area contributed by atoms with Crippen LogP contribution in [0.25, 0.3) is 0 Å². The zero-order valence-electron chi connectivity index (χ0n) is 18.4. The van der Waals surface area contributed by atoms with Gasteiger partial charge in [0.25, 0.3) is 0 Å². The summed E-state index contributed by atoms with van der Waals surface area (Å²) in [6, 6.07) is 6.04. The van der Waals surface area contributed by atoms with Crippen LogP contribution in [0.5, 0.6) is 11.5 Å². The van der Waals surface area contributed by atoms with Crippen molar-refractivity contribution in [1.82, 2.24) is 9.80 Å². The first-order valence-corrected chi connectivity index (χ1v) is 11.1. The second-order valence-electron chi connectivity index (χ2n) is 8.82. The van der Waals surface area contributed by atoms with Crippen molar-refractivity contribution in [3.05, 3.63) is 23.8 Å². The summed E-state index contributed by atoms with van der Waals surface area (Å²) in [5.41, 5.74) is 6.85. The third kappa shape index (κ3) is 5.45. The number of benzene rings is 1. The highest BCUT2D eigenvalue weighted by Crippen LogP contribution is 2.33. The Kier molecular flexibility index (Phi) is 7.58. The van der Waals surface area contributed by atoms with E-state index in [1.807, 2.05) is 24.0 Å². The molecule has 0 radical (unpaired) electrons. The Labute approximate surface area is 179 Å². The van der Waals surface area contributed by atoms with Crippen LogP contribution in [0.1, 0.15) is 45.6 Å². The number of amides is 2. The molecule has 0 unspecified atom stereocenters. The smallest absolute Gasteiger partial charge is 0.231 e. The molecule has 1 aromatic rings. The molecular formula is C23H35N3O4. The summed E-state index contributed by atoms with van der Waals surface area (Å²) in [4.78, 5) is 29.6. The molecule has 7 nitrogen and oxygen atoms in total. The fraction of sp³-hybridized carbons (Fsp3) is 0.652. The van der Waals surface area contributed by atoms with Gasteiger partial charge in [0.15, 0.2) is 11.5 Å². The SMILES string of the molecule is CCC[C@H](C(N)=O)[C@@H](CC(C)C)C(=O)N1CCN(Cc2ccc3c(c2)OCO3)CC1. The van der Waals surface area contributed by atoms with Gasteiger partial charge in [-0.1, -0.05) is 33.3 Å². The monoisotopic (exact) mass is 417 g/mol. The number of hydrogen-bond acceptors (Lipinski definition) is 5. The van der Waals surface area contributed by atoms with Crippen molar-refractivity contribution in [2.45, 2.75) is 46.6 Å². The Morgan fingerprint density at radius 3 is 2.40 bits per heavy atom. The van der Waals surface area contributed by atoms with Crippen molar-refractivity contribution in [3.8, 4) is 11.5 Å². The van der Waals surface area contributed by atoms with E-state index in [1.165, 1.54) is 5.56 Å². The highest BCUT2D eigenvalue weighted by Gasteiger charge is 2.36. The normalized spacial score (nSPS) is 18.5. The van der Waals surface area contributed by atoms with Crippen LogP contribution < -0.4 is 15.2 Å². The molecule has 0 aliphatic carbocycles. The largest absolute Gasteiger partial charge is 0.454 e. The lowest BCUT2D eigenvalue weighted by atomic mass is 9.81. The fourth-order valence-electron chi connectivity index (χ4n) is 4.46. The Balaban J connectivity index is 1.59. The lowest BCUT2D eigenvalue weighted by Crippen LogP contribution is -2.52. The number of carbonyl (C=O) groups excluding carboxylic acids is 2. The van der Waals surface area contributed by atoms with Crippen molar-refractivity contribution in [2.24, 2.45) is 23.5 Å². The van der Waals surface area contributed by atoms with Gasteiger partial charge < -0.3 is 20.1 Å². The molecule has 1 fully saturated rings. The molecule has 0 bridgehead atoms. The van der Waals surface area contributed by atoms with Crippen LogP contribution in [0, 0.1) is 17.8 Å². The number of rotatable bonds is 9. The number of carbonyl (C=O) groups is 2. The van der Waals surface area contributed by atoms with E-state index in [4.69, 9.17) is 15.2 Å². The molecule has 30 heavy (non-hydrogen) atoms. The van der Waals surface area contributed by atoms with E-state index in [0.717, 1.165) is 37.6 Å². The van der Waals surface area contributed by atoms with Gasteiger partial charge in [0.05, 0.1) is 0 Å². The zero-order valence-corrected chi connectivity index (χ0v) is 18.4. The van der Waals surface area contributed by atoms with Crippen molar-refractivity contribution in [3.63, 3.8) is 0 Å². The lowest BCUT2D eigenvalue weighted by Gasteiger charge is -2.38. The molecule has 2 aliphatic heterocycles. The van der Waals surface area contributed by atoms with Gasteiger partial charge >= 0.3 is 0 Å². The number of nitrogens with zero attached hydrogens (tertiary/aromatic N) is 2. The topological polar surface area (TPSA) is 85.1 Å². The van der Waals surface area contributed by atoms with Gasteiger partial charge in [-0.05, 0) is 36.5 Å². The van der Waals surface area contributed by atoms with E-state index in [1.54, 1.807) is 0 Å². The Hall–Kier alpha value is -2.28. The van der Waals surface area contributed by atoms with Gasteiger partial charge in [0.1, 0.15) is 0 Å². The molecular weight excluding hydrogens is 382 g/mol. The second-order valence-corrected chi connectivity index (χ2v) is 8.82. The number of fused-ring (bicyclic) bond motifs is 1. The Morgan fingerprint density at radius 1 is 1.07 bits per heavy atom. The molecule has 2 aliphatic rings. The van der Waals surface area contributed by atoms with Crippen LogP contribution >= 0.6 is 0 Å². The van der Waals surface area contributed by atoms with E-state index in [0.29, 0.717) is 31.8 Å². The van der Waals surface area contributed by atoms with Crippen molar-refractivity contribution >= 4 is 11.8 Å². The summed E-state index contributed by atoms with van der Waals surface area (Å²) < 4.78 is 10.8. The summed E-state index contributed by atoms with van der Waals surface area (Å²) in [6.07, 6.45) is 2.21. The number of piperazine rings is 1. The molecule has 1 aromatic carbocycles. The molecule has 2 heterocycles. The first kappa shape index (κ1) is 22.4. The average molecular weight is 418 g/mol. The van der Waals surface area contributed by atoms with Crippen LogP contribution in [0.2, 0.25) is 0 Å². The summed E-state index contributed by atoms with van der Waals surface area (Å²) in [5, 5.41) is 0. The highest BCUT2D eigenvalue weighted by atomic mass is 16.7. The standard InChI is InChI=1S/C23H35N3O4/c1-4-5-18(22(24)27)19(12-16(2)3)23(28)26-10-8-25(9-11-26)14-17-6-7-20-21(13-17)30-15-29-20/h6-7,13,16,18-19H,4-5,8-12,14-15H2,1-3H3,(H2,24,27)/t18-,19+/m0/s1. The van der Waals surface area contributed by atoms with Crippen molar-refractivity contribution in [2.75, 3.05) is 33.0 Å². The molecule has 1 saturated heterocycles. The van der Waals surface area contributed by atoms with Crippen LogP contribution in [0.15, 0.2) is 18.2 Å². The van der Waals surface area contributed by atoms with Gasteiger partial charge in [0, 0.05) is 44.6 Å². The average Bonchev–Trinajstić information content (AvgIpc) is 3.18. The second kappa shape index (κ2) is 10.2. The van der Waals surface area contributed by atoms with Gasteiger partial charge in [-0.2, -0.15) is 0 Å². The summed E-state index contributed by atoms with van der Waals surface area (Å²) in [5.74, 6) is 0.970. The quantitative estimate of drug-likeness (QED) is 0.668. The predicted molar refractivity (Wildman–Crippen MR) is 115 cm³/mol. The molecule has 0 aromatic heterocycles. The molecule has 0 saturated carbocycles. The van der Waals surface area contributed by atoms with E-state index in [-0.39, 0.29) is 30.4 Å². The molecule has 7 heteroatoms. The molecule has 0 spiro atoms. The minimum Gasteiger partial charge on any atom is -0.454 e. The molecule has 2 amide bonds. The van der Waals surface area contributed by atoms with Gasteiger partial charge in [-0.3, -0.25) is 14.5 Å². The van der Waals surface area contributed by atoms with Gasteiger partial charge in [-0.15, -0.1) is 0 Å². The Bertz CT molecular complexity index is 744. The minimum absolute atomic E-state index is 0.0867. The maximum Gasteiger partial charge on any atom is 0.231 e. The first-order valence-electron chi connectivity index (χ1n) is 11.1. The van der Waals surface area contributed by atoms with E-state index < -0.39 is 0 Å². The lowest BCUT2D eigenvalue weighted by molar-refractivity contribution is -0.143. The fourth-order valence-corrected chi connectivity index (χ4v) is 4.46. The Morgan fingerprint density at radius 2 is 1.77 bits per heavy atom. The maximum absolute atomic E-state index is 13.3.